The number of ether oxygens (including phenoxy) is 1. The highest BCUT2D eigenvalue weighted by molar-refractivity contribution is 9.11. The van der Waals surface area contributed by atoms with Crippen molar-refractivity contribution in [1.29, 1.82) is 0 Å². The van der Waals surface area contributed by atoms with Gasteiger partial charge in [-0.25, -0.2) is 9.79 Å². The summed E-state index contributed by atoms with van der Waals surface area (Å²) in [7, 11) is 0. The molecule has 0 unspecified atom stereocenters. The lowest BCUT2D eigenvalue weighted by Gasteiger charge is -1.98. The highest BCUT2D eigenvalue weighted by atomic mass is 79.9. The minimum Gasteiger partial charge on any atom is -0.402 e. The number of halogens is 2. The average molecular weight is 369 g/mol. The van der Waals surface area contributed by atoms with Crippen molar-refractivity contribution in [2.24, 2.45) is 4.99 Å². The fourth-order valence-electron chi connectivity index (χ4n) is 1.71. The molecule has 0 radical (unpaired) electrons. The summed E-state index contributed by atoms with van der Waals surface area (Å²) in [5.41, 5.74) is 1.87. The van der Waals surface area contributed by atoms with Crippen molar-refractivity contribution in [3.8, 4) is 0 Å². The molecule has 1 aliphatic heterocycles. The molecule has 2 aromatic rings. The standard InChI is InChI=1S/C14H7BrClNO2S/c15-12-5-8(7-20-12)4-11-14(18)19-13(17-11)9-2-1-3-10(16)6-9/h1-7H/b11-4-. The van der Waals surface area contributed by atoms with Gasteiger partial charge >= 0.3 is 5.97 Å². The Kier molecular flexibility index (Phi) is 3.74. The third kappa shape index (κ3) is 2.85. The van der Waals surface area contributed by atoms with E-state index in [2.05, 4.69) is 20.9 Å². The maximum Gasteiger partial charge on any atom is 0.363 e. The molecule has 0 atom stereocenters. The van der Waals surface area contributed by atoms with Crippen LogP contribution >= 0.6 is 38.9 Å². The zero-order valence-corrected chi connectivity index (χ0v) is 13.1. The predicted octanol–water partition coefficient (Wildman–Crippen LogP) is 4.51. The first-order valence-corrected chi connectivity index (χ1v) is 7.69. The molecule has 0 fully saturated rings. The molecule has 0 spiro atoms. The van der Waals surface area contributed by atoms with Gasteiger partial charge in [-0.1, -0.05) is 17.7 Å². The zero-order valence-electron chi connectivity index (χ0n) is 9.97. The first-order chi connectivity index (χ1) is 9.61. The molecule has 1 aromatic heterocycles. The number of thiophene rings is 1. The number of hydrogen-bond donors (Lipinski definition) is 0. The van der Waals surface area contributed by atoms with Gasteiger partial charge < -0.3 is 4.74 Å². The van der Waals surface area contributed by atoms with Gasteiger partial charge in [-0.3, -0.25) is 0 Å². The number of cyclic esters (lactones) is 1. The molecule has 100 valence electrons. The molecule has 1 aliphatic rings. The van der Waals surface area contributed by atoms with Crippen molar-refractivity contribution < 1.29 is 9.53 Å². The van der Waals surface area contributed by atoms with E-state index in [4.69, 9.17) is 16.3 Å². The van der Waals surface area contributed by atoms with Crippen LogP contribution in [0.1, 0.15) is 11.1 Å². The first kappa shape index (κ1) is 13.5. The second-order valence-corrected chi connectivity index (χ2v) is 6.76. The Balaban J connectivity index is 1.94. The zero-order chi connectivity index (χ0) is 14.1. The van der Waals surface area contributed by atoms with Gasteiger partial charge in [-0.05, 0) is 57.2 Å². The summed E-state index contributed by atoms with van der Waals surface area (Å²) in [6.45, 7) is 0. The van der Waals surface area contributed by atoms with Crippen LogP contribution in [0.4, 0.5) is 0 Å². The molecule has 3 nitrogen and oxygen atoms in total. The highest BCUT2D eigenvalue weighted by Gasteiger charge is 2.24. The van der Waals surface area contributed by atoms with Gasteiger partial charge in [0, 0.05) is 10.6 Å². The average Bonchev–Trinajstić information content (AvgIpc) is 2.97. The lowest BCUT2D eigenvalue weighted by atomic mass is 10.2. The largest absolute Gasteiger partial charge is 0.402 e. The number of carbonyl (C=O) groups excluding carboxylic acids is 1. The molecule has 3 rings (SSSR count). The Morgan fingerprint density at radius 1 is 1.35 bits per heavy atom. The molecule has 0 bridgehead atoms. The summed E-state index contributed by atoms with van der Waals surface area (Å²) in [5, 5.41) is 2.50. The number of aliphatic imine (C=N–C) groups is 1. The van der Waals surface area contributed by atoms with Gasteiger partial charge in [-0.15, -0.1) is 11.3 Å². The van der Waals surface area contributed by atoms with Crippen LogP contribution in [0.25, 0.3) is 6.08 Å². The Morgan fingerprint density at radius 3 is 2.90 bits per heavy atom. The summed E-state index contributed by atoms with van der Waals surface area (Å²) in [6, 6.07) is 8.95. The summed E-state index contributed by atoms with van der Waals surface area (Å²) in [6.07, 6.45) is 1.70. The maximum absolute atomic E-state index is 11.8. The van der Waals surface area contributed by atoms with Gasteiger partial charge in [0.1, 0.15) is 0 Å². The van der Waals surface area contributed by atoms with Crippen molar-refractivity contribution in [2.75, 3.05) is 0 Å². The minimum atomic E-state index is -0.456. The van der Waals surface area contributed by atoms with Crippen LogP contribution < -0.4 is 0 Å². The van der Waals surface area contributed by atoms with Gasteiger partial charge in [0.25, 0.3) is 0 Å². The van der Waals surface area contributed by atoms with Crippen LogP contribution in [0.2, 0.25) is 5.02 Å². The normalized spacial score (nSPS) is 16.4. The van der Waals surface area contributed by atoms with Gasteiger partial charge in [-0.2, -0.15) is 0 Å². The molecule has 20 heavy (non-hydrogen) atoms. The number of esters is 1. The van der Waals surface area contributed by atoms with Gasteiger partial charge in [0.2, 0.25) is 5.90 Å². The summed E-state index contributed by atoms with van der Waals surface area (Å²) in [5.74, 6) is -0.180. The van der Waals surface area contributed by atoms with Crippen LogP contribution in [0, 0.1) is 0 Å². The van der Waals surface area contributed by atoms with Crippen molar-refractivity contribution in [2.45, 2.75) is 0 Å². The van der Waals surface area contributed by atoms with Crippen molar-refractivity contribution in [3.05, 3.63) is 61.3 Å². The predicted molar refractivity (Wildman–Crippen MR) is 84.1 cm³/mol. The van der Waals surface area contributed by atoms with Crippen molar-refractivity contribution in [1.82, 2.24) is 0 Å². The Hall–Kier alpha value is -1.43. The fraction of sp³-hybridized carbons (Fsp3) is 0. The monoisotopic (exact) mass is 367 g/mol. The second kappa shape index (κ2) is 5.52. The smallest absolute Gasteiger partial charge is 0.363 e. The van der Waals surface area contributed by atoms with Crippen LogP contribution in [0.5, 0.6) is 0 Å². The Bertz CT molecular complexity index is 751. The number of nitrogens with zero attached hydrogens (tertiary/aromatic N) is 1. The van der Waals surface area contributed by atoms with E-state index in [1.807, 2.05) is 11.4 Å². The summed E-state index contributed by atoms with van der Waals surface area (Å²) < 4.78 is 6.16. The van der Waals surface area contributed by atoms with Gasteiger partial charge in [0.05, 0.1) is 3.79 Å². The van der Waals surface area contributed by atoms with Crippen molar-refractivity contribution >= 4 is 56.8 Å². The highest BCUT2D eigenvalue weighted by Crippen LogP contribution is 2.25. The van der Waals surface area contributed by atoms with Crippen LogP contribution in [-0.2, 0) is 9.53 Å². The summed E-state index contributed by atoms with van der Waals surface area (Å²) in [4.78, 5) is 16.0. The van der Waals surface area contributed by atoms with E-state index in [-0.39, 0.29) is 11.6 Å². The van der Waals surface area contributed by atoms with E-state index >= 15 is 0 Å². The lowest BCUT2D eigenvalue weighted by molar-refractivity contribution is -0.129. The molecule has 0 aliphatic carbocycles. The second-order valence-electron chi connectivity index (χ2n) is 4.03. The van der Waals surface area contributed by atoms with Crippen LogP contribution in [0.15, 0.2) is 50.2 Å². The lowest BCUT2D eigenvalue weighted by Crippen LogP contribution is -2.05. The molecule has 0 amide bonds. The van der Waals surface area contributed by atoms with Crippen LogP contribution in [-0.4, -0.2) is 11.9 Å². The third-order valence-electron chi connectivity index (χ3n) is 2.58. The van der Waals surface area contributed by atoms with E-state index < -0.39 is 5.97 Å². The molecule has 6 heteroatoms. The molecular formula is C14H7BrClNO2S. The summed E-state index contributed by atoms with van der Waals surface area (Å²) >= 11 is 10.8. The molecule has 0 N–H and O–H groups in total. The number of hydrogen-bond acceptors (Lipinski definition) is 4. The van der Waals surface area contributed by atoms with E-state index in [0.717, 1.165) is 9.35 Å². The first-order valence-electron chi connectivity index (χ1n) is 5.64. The number of benzene rings is 1. The molecular weight excluding hydrogens is 362 g/mol. The topological polar surface area (TPSA) is 38.7 Å². The maximum atomic E-state index is 11.8. The third-order valence-corrected chi connectivity index (χ3v) is 4.34. The molecule has 0 saturated heterocycles. The number of carbonyl (C=O) groups is 1. The van der Waals surface area contributed by atoms with E-state index in [1.54, 1.807) is 41.7 Å². The molecule has 0 saturated carbocycles. The van der Waals surface area contributed by atoms with Crippen molar-refractivity contribution in [3.63, 3.8) is 0 Å². The molecule has 1 aromatic carbocycles. The van der Waals surface area contributed by atoms with Crippen LogP contribution in [0.3, 0.4) is 0 Å². The van der Waals surface area contributed by atoms with E-state index in [1.165, 1.54) is 0 Å². The molecule has 2 heterocycles. The van der Waals surface area contributed by atoms with E-state index in [0.29, 0.717) is 10.6 Å². The Labute approximate surface area is 132 Å². The minimum absolute atomic E-state index is 0.276. The Morgan fingerprint density at radius 2 is 2.20 bits per heavy atom. The fourth-order valence-corrected chi connectivity index (χ4v) is 3.03. The van der Waals surface area contributed by atoms with E-state index in [9.17, 15) is 4.79 Å². The quantitative estimate of drug-likeness (QED) is 0.578. The van der Waals surface area contributed by atoms with Gasteiger partial charge in [0.15, 0.2) is 5.70 Å². The number of rotatable bonds is 2. The SMILES string of the molecule is O=C1OC(c2cccc(Cl)c2)=N/C1=C\c1csc(Br)c1.